The molecule has 0 saturated carbocycles. The van der Waals surface area contributed by atoms with Gasteiger partial charge in [0.15, 0.2) is 12.2 Å². The second-order valence-electron chi connectivity index (χ2n) is 28.8. The zero-order valence-electron chi connectivity index (χ0n) is 62.1. The fraction of sp³-hybridized carbons (Fsp3) is 0.947. The highest BCUT2D eigenvalue weighted by atomic mass is 31.2. The first kappa shape index (κ1) is 93.1. The fourth-order valence-corrected chi connectivity index (χ4v) is 13.2. The van der Waals surface area contributed by atoms with E-state index in [-0.39, 0.29) is 25.7 Å². The zero-order valence-corrected chi connectivity index (χ0v) is 63.9. The van der Waals surface area contributed by atoms with Crippen molar-refractivity contribution in [2.75, 3.05) is 39.6 Å². The molecule has 0 aromatic carbocycles. The number of hydrogen-bond acceptors (Lipinski definition) is 15. The van der Waals surface area contributed by atoms with Crippen LogP contribution in [-0.2, 0) is 65.4 Å². The predicted molar refractivity (Wildman–Crippen MR) is 386 cm³/mol. The van der Waals surface area contributed by atoms with E-state index in [1.807, 2.05) is 0 Å². The summed E-state index contributed by atoms with van der Waals surface area (Å²) in [5, 5.41) is 10.6. The number of phosphoric ester groups is 2. The van der Waals surface area contributed by atoms with E-state index < -0.39 is 97.5 Å². The van der Waals surface area contributed by atoms with Crippen molar-refractivity contribution in [1.29, 1.82) is 0 Å². The topological polar surface area (TPSA) is 237 Å². The van der Waals surface area contributed by atoms with Gasteiger partial charge in [0.25, 0.3) is 0 Å². The van der Waals surface area contributed by atoms with Crippen molar-refractivity contribution < 1.29 is 80.2 Å². The van der Waals surface area contributed by atoms with Crippen molar-refractivity contribution in [3.8, 4) is 0 Å². The number of ether oxygens (including phenoxy) is 4. The molecule has 564 valence electrons. The van der Waals surface area contributed by atoms with Crippen molar-refractivity contribution in [2.45, 2.75) is 407 Å². The standard InChI is InChI=1S/C76H148O17P2/c1-8-9-10-11-12-13-14-15-16-17-18-19-20-21-24-28-31-36-45-52-59-75(80)92-71(63-86-73(78)57-50-43-35-30-27-25-22-23-26-29-33-40-47-54-67(2)3)65-90-94(82,83)88-61-70(77)62-89-95(84,85)91-66-72(64-87-74(79)58-51-44-39-38-42-49-56-69(6)7)93-76(81)60-53-46-37-32-34-41-48-55-68(4)5/h67-72,77H,8-66H2,1-7H3,(H,82,83)(H,84,85)/t70-,71-,72-/m1/s1. The molecule has 0 aliphatic heterocycles. The molecule has 0 radical (unpaired) electrons. The molecule has 0 aromatic rings. The van der Waals surface area contributed by atoms with Crippen molar-refractivity contribution in [3.63, 3.8) is 0 Å². The van der Waals surface area contributed by atoms with Crippen molar-refractivity contribution in [3.05, 3.63) is 0 Å². The maximum atomic E-state index is 13.1. The lowest BCUT2D eigenvalue weighted by atomic mass is 10.0. The van der Waals surface area contributed by atoms with E-state index in [9.17, 15) is 43.2 Å². The third-order valence-electron chi connectivity index (χ3n) is 17.6. The van der Waals surface area contributed by atoms with Crippen LogP contribution in [0.25, 0.3) is 0 Å². The summed E-state index contributed by atoms with van der Waals surface area (Å²) in [5.41, 5.74) is 0. The second kappa shape index (κ2) is 66.6. The van der Waals surface area contributed by atoms with Crippen LogP contribution in [0, 0.1) is 17.8 Å². The smallest absolute Gasteiger partial charge is 0.462 e. The lowest BCUT2D eigenvalue weighted by molar-refractivity contribution is -0.161. The van der Waals surface area contributed by atoms with Crippen LogP contribution in [0.1, 0.15) is 389 Å². The normalized spacial score (nSPS) is 14.1. The van der Waals surface area contributed by atoms with E-state index in [4.69, 9.17) is 37.0 Å². The first-order valence-corrected chi connectivity index (χ1v) is 42.3. The summed E-state index contributed by atoms with van der Waals surface area (Å²) in [5.74, 6) is 0.0428. The summed E-state index contributed by atoms with van der Waals surface area (Å²) in [6, 6.07) is 0. The minimum atomic E-state index is -4.96. The van der Waals surface area contributed by atoms with Crippen LogP contribution >= 0.6 is 15.6 Å². The lowest BCUT2D eigenvalue weighted by Crippen LogP contribution is -2.30. The number of esters is 4. The Morgan fingerprint density at radius 3 is 0.716 bits per heavy atom. The molecule has 19 heteroatoms. The third kappa shape index (κ3) is 70.3. The number of carbonyl (C=O) groups excluding carboxylic acids is 4. The molecule has 0 fully saturated rings. The highest BCUT2D eigenvalue weighted by Crippen LogP contribution is 2.45. The van der Waals surface area contributed by atoms with Gasteiger partial charge in [0.1, 0.15) is 19.3 Å². The minimum Gasteiger partial charge on any atom is -0.462 e. The number of hydrogen-bond donors (Lipinski definition) is 3. The van der Waals surface area contributed by atoms with Gasteiger partial charge in [-0.1, -0.05) is 337 Å². The summed E-state index contributed by atoms with van der Waals surface area (Å²) in [6.07, 6.45) is 53.1. The molecule has 3 N–H and O–H groups in total. The van der Waals surface area contributed by atoms with Gasteiger partial charge < -0.3 is 33.8 Å². The van der Waals surface area contributed by atoms with Crippen molar-refractivity contribution in [1.82, 2.24) is 0 Å². The molecule has 2 unspecified atom stereocenters. The molecule has 0 bridgehead atoms. The number of phosphoric acid groups is 2. The third-order valence-corrected chi connectivity index (χ3v) is 19.5. The van der Waals surface area contributed by atoms with Crippen LogP contribution in [0.15, 0.2) is 0 Å². The van der Waals surface area contributed by atoms with E-state index in [2.05, 4.69) is 48.5 Å². The van der Waals surface area contributed by atoms with Gasteiger partial charge in [-0.2, -0.15) is 0 Å². The largest absolute Gasteiger partial charge is 0.472 e. The van der Waals surface area contributed by atoms with E-state index in [0.29, 0.717) is 37.5 Å². The zero-order chi connectivity index (χ0) is 70.1. The summed E-state index contributed by atoms with van der Waals surface area (Å²) >= 11 is 0. The van der Waals surface area contributed by atoms with Crippen molar-refractivity contribution >= 4 is 39.5 Å². The molecule has 0 heterocycles. The Morgan fingerprint density at radius 2 is 0.484 bits per heavy atom. The molecule has 0 aliphatic rings. The number of unbranched alkanes of at least 4 members (excludes halogenated alkanes) is 42. The molecule has 0 amide bonds. The number of aliphatic hydroxyl groups excluding tert-OH is 1. The summed E-state index contributed by atoms with van der Waals surface area (Å²) in [4.78, 5) is 72.7. The minimum absolute atomic E-state index is 0.102. The molecule has 0 rings (SSSR count). The second-order valence-corrected chi connectivity index (χ2v) is 31.7. The van der Waals surface area contributed by atoms with Gasteiger partial charge in [0, 0.05) is 25.7 Å². The number of aliphatic hydroxyl groups is 1. The van der Waals surface area contributed by atoms with Gasteiger partial charge in [-0.15, -0.1) is 0 Å². The fourth-order valence-electron chi connectivity index (χ4n) is 11.6. The van der Waals surface area contributed by atoms with Crippen LogP contribution in [0.5, 0.6) is 0 Å². The average Bonchev–Trinajstić information content (AvgIpc) is 3.60. The van der Waals surface area contributed by atoms with Crippen LogP contribution < -0.4 is 0 Å². The van der Waals surface area contributed by atoms with Gasteiger partial charge >= 0.3 is 39.5 Å². The highest BCUT2D eigenvalue weighted by molar-refractivity contribution is 7.47. The van der Waals surface area contributed by atoms with Crippen LogP contribution in [-0.4, -0.2) is 96.7 Å². The van der Waals surface area contributed by atoms with Gasteiger partial charge in [-0.25, -0.2) is 9.13 Å². The summed E-state index contributed by atoms with van der Waals surface area (Å²) < 4.78 is 68.4. The number of carbonyl (C=O) groups is 4. The molecule has 0 aliphatic carbocycles. The first-order valence-electron chi connectivity index (χ1n) is 39.3. The van der Waals surface area contributed by atoms with Crippen LogP contribution in [0.3, 0.4) is 0 Å². The molecule has 0 saturated heterocycles. The van der Waals surface area contributed by atoms with Gasteiger partial charge in [0.2, 0.25) is 0 Å². The first-order chi connectivity index (χ1) is 45.7. The molecular weight excluding hydrogens is 1250 g/mol. The SMILES string of the molecule is CCCCCCCCCCCCCCCCCCCCCCC(=O)O[C@H](COC(=O)CCCCCCCCCCCCCCCC(C)C)COP(=O)(O)OC[C@@H](O)COP(=O)(O)OC[C@@H](COC(=O)CCCCCCCCC(C)C)OC(=O)CCCCCCCCCC(C)C. The molecule has 17 nitrogen and oxygen atoms in total. The van der Waals surface area contributed by atoms with E-state index >= 15 is 0 Å². The quantitative estimate of drug-likeness (QED) is 0.0222. The summed E-state index contributed by atoms with van der Waals surface area (Å²) in [6.45, 7) is 11.8. The Balaban J connectivity index is 5.20. The monoisotopic (exact) mass is 1400 g/mol. The average molecular weight is 1400 g/mol. The van der Waals surface area contributed by atoms with E-state index in [0.717, 1.165) is 102 Å². The molecule has 95 heavy (non-hydrogen) atoms. The Labute approximate surface area is 581 Å². The lowest BCUT2D eigenvalue weighted by Gasteiger charge is -2.21. The van der Waals surface area contributed by atoms with Crippen LogP contribution in [0.4, 0.5) is 0 Å². The Hall–Kier alpha value is -1.94. The molecule has 5 atom stereocenters. The van der Waals surface area contributed by atoms with Gasteiger partial charge in [-0.05, 0) is 43.4 Å². The maximum Gasteiger partial charge on any atom is 0.472 e. The molecular formula is C76H148O17P2. The Kier molecular flexibility index (Phi) is 65.2. The Bertz CT molecular complexity index is 1850. The van der Waals surface area contributed by atoms with Crippen molar-refractivity contribution in [2.24, 2.45) is 17.8 Å². The van der Waals surface area contributed by atoms with Gasteiger partial charge in [-0.3, -0.25) is 37.3 Å². The highest BCUT2D eigenvalue weighted by Gasteiger charge is 2.30. The molecule has 0 spiro atoms. The summed E-state index contributed by atoms with van der Waals surface area (Å²) in [7, 11) is -9.91. The molecule has 0 aromatic heterocycles. The predicted octanol–water partition coefficient (Wildman–Crippen LogP) is 22.2. The Morgan fingerprint density at radius 1 is 0.284 bits per heavy atom. The van der Waals surface area contributed by atoms with Gasteiger partial charge in [0.05, 0.1) is 26.4 Å². The number of rotatable bonds is 74. The maximum absolute atomic E-state index is 13.1. The van der Waals surface area contributed by atoms with E-state index in [1.165, 1.54) is 193 Å². The van der Waals surface area contributed by atoms with Crippen LogP contribution in [0.2, 0.25) is 0 Å². The van der Waals surface area contributed by atoms with E-state index in [1.54, 1.807) is 0 Å².